The molecule has 0 saturated carbocycles. The van der Waals surface area contributed by atoms with Crippen molar-refractivity contribution in [2.24, 2.45) is 0 Å². The molecule has 0 radical (unpaired) electrons. The Kier molecular flexibility index (Phi) is 3.95. The number of rotatable bonds is 2. The molecule has 0 aliphatic carbocycles. The zero-order chi connectivity index (χ0) is 14.3. The molecule has 2 aromatic carbocycles. The Bertz CT molecular complexity index is 798. The molecule has 3 aromatic rings. The van der Waals surface area contributed by atoms with Crippen molar-refractivity contribution in [3.05, 3.63) is 56.7 Å². The van der Waals surface area contributed by atoms with E-state index >= 15 is 0 Å². The average Bonchev–Trinajstić information content (AvgIpc) is 2.79. The lowest BCUT2D eigenvalue weighted by atomic mass is 10.2. The topological polar surface area (TPSA) is 17.8 Å². The van der Waals surface area contributed by atoms with Crippen LogP contribution >= 0.6 is 50.7 Å². The number of fused-ring (bicyclic) bond motifs is 1. The minimum absolute atomic E-state index is 0.306. The van der Waals surface area contributed by atoms with Gasteiger partial charge in [-0.1, -0.05) is 23.2 Å². The molecule has 0 atom stereocenters. The van der Waals surface area contributed by atoms with Crippen LogP contribution in [0.2, 0.25) is 10.0 Å². The minimum Gasteiger partial charge on any atom is -0.295 e. The van der Waals surface area contributed by atoms with Gasteiger partial charge in [0.15, 0.2) is 0 Å². The first-order valence-corrected chi connectivity index (χ1v) is 7.87. The summed E-state index contributed by atoms with van der Waals surface area (Å²) in [6, 6.07) is 11.3. The first kappa shape index (κ1) is 14.2. The third kappa shape index (κ3) is 2.44. The van der Waals surface area contributed by atoms with Crippen molar-refractivity contribution in [3.63, 3.8) is 0 Å². The molecule has 0 amide bonds. The second-order valence-electron chi connectivity index (χ2n) is 4.23. The summed E-state index contributed by atoms with van der Waals surface area (Å²) in [6.07, 6.45) is 0. The number of hydrogen-bond donors (Lipinski definition) is 0. The molecular formula is C14H8BrCl3N2. The summed E-state index contributed by atoms with van der Waals surface area (Å²) in [5.41, 5.74) is 2.68. The van der Waals surface area contributed by atoms with Gasteiger partial charge in [-0.05, 0) is 52.3 Å². The van der Waals surface area contributed by atoms with E-state index in [0.717, 1.165) is 27.0 Å². The van der Waals surface area contributed by atoms with Crippen molar-refractivity contribution in [2.45, 2.75) is 5.88 Å². The van der Waals surface area contributed by atoms with Crippen LogP contribution in [0.4, 0.5) is 0 Å². The fraction of sp³-hybridized carbons (Fsp3) is 0.0714. The van der Waals surface area contributed by atoms with E-state index in [1.165, 1.54) is 0 Å². The lowest BCUT2D eigenvalue weighted by molar-refractivity contribution is 0.981. The van der Waals surface area contributed by atoms with Crippen LogP contribution in [0.25, 0.3) is 16.7 Å². The van der Waals surface area contributed by atoms with Gasteiger partial charge in [0.25, 0.3) is 0 Å². The molecule has 3 rings (SSSR count). The highest BCUT2D eigenvalue weighted by Gasteiger charge is 2.13. The monoisotopic (exact) mass is 388 g/mol. The van der Waals surface area contributed by atoms with Crippen LogP contribution in [0, 0.1) is 0 Å². The molecule has 0 aliphatic heterocycles. The van der Waals surface area contributed by atoms with Crippen molar-refractivity contribution >= 4 is 61.8 Å². The molecule has 0 saturated heterocycles. The van der Waals surface area contributed by atoms with Gasteiger partial charge in [-0.15, -0.1) is 11.6 Å². The molecule has 102 valence electrons. The van der Waals surface area contributed by atoms with Gasteiger partial charge in [0, 0.05) is 15.2 Å². The molecule has 1 heterocycles. The molecule has 6 heteroatoms. The number of hydrogen-bond acceptors (Lipinski definition) is 1. The largest absolute Gasteiger partial charge is 0.295 e. The van der Waals surface area contributed by atoms with Gasteiger partial charge in [-0.3, -0.25) is 4.57 Å². The summed E-state index contributed by atoms with van der Waals surface area (Å²) < 4.78 is 2.83. The first-order chi connectivity index (χ1) is 9.60. The van der Waals surface area contributed by atoms with E-state index in [4.69, 9.17) is 34.8 Å². The maximum atomic E-state index is 6.17. The smallest absolute Gasteiger partial charge is 0.129 e. The van der Waals surface area contributed by atoms with Gasteiger partial charge < -0.3 is 0 Å². The molecule has 20 heavy (non-hydrogen) atoms. The van der Waals surface area contributed by atoms with Crippen LogP contribution in [0.15, 0.2) is 40.9 Å². The van der Waals surface area contributed by atoms with Gasteiger partial charge in [0.1, 0.15) is 5.82 Å². The summed E-state index contributed by atoms with van der Waals surface area (Å²) in [5, 5.41) is 1.29. The highest BCUT2D eigenvalue weighted by Crippen LogP contribution is 2.29. The Morgan fingerprint density at radius 1 is 1.10 bits per heavy atom. The number of benzene rings is 2. The third-order valence-electron chi connectivity index (χ3n) is 2.97. The number of nitrogens with zero attached hydrogens (tertiary/aromatic N) is 2. The van der Waals surface area contributed by atoms with Crippen LogP contribution in [0.5, 0.6) is 0 Å². The lowest BCUT2D eigenvalue weighted by Gasteiger charge is -2.09. The van der Waals surface area contributed by atoms with E-state index in [1.54, 1.807) is 0 Å². The van der Waals surface area contributed by atoms with E-state index in [-0.39, 0.29) is 0 Å². The van der Waals surface area contributed by atoms with Gasteiger partial charge in [0.05, 0.1) is 21.9 Å². The Morgan fingerprint density at radius 3 is 2.60 bits per heavy atom. The fourth-order valence-corrected chi connectivity index (χ4v) is 2.87. The van der Waals surface area contributed by atoms with Gasteiger partial charge in [0.2, 0.25) is 0 Å². The Morgan fingerprint density at radius 2 is 1.90 bits per heavy atom. The zero-order valence-corrected chi connectivity index (χ0v) is 13.9. The van der Waals surface area contributed by atoms with E-state index in [2.05, 4.69) is 20.9 Å². The first-order valence-electron chi connectivity index (χ1n) is 5.78. The molecule has 0 aliphatic rings. The van der Waals surface area contributed by atoms with Crippen LogP contribution in [-0.2, 0) is 5.88 Å². The molecule has 0 unspecified atom stereocenters. The van der Waals surface area contributed by atoms with Crippen LogP contribution in [0.1, 0.15) is 5.82 Å². The normalized spacial score (nSPS) is 11.2. The highest BCUT2D eigenvalue weighted by atomic mass is 79.9. The number of aromatic nitrogens is 2. The van der Waals surface area contributed by atoms with Gasteiger partial charge in [-0.2, -0.15) is 0 Å². The third-order valence-corrected chi connectivity index (χ3v) is 4.67. The summed E-state index contributed by atoms with van der Waals surface area (Å²) in [7, 11) is 0. The van der Waals surface area contributed by atoms with Gasteiger partial charge >= 0.3 is 0 Å². The van der Waals surface area contributed by atoms with E-state index in [9.17, 15) is 0 Å². The van der Waals surface area contributed by atoms with Crippen molar-refractivity contribution < 1.29 is 0 Å². The standard InChI is InChI=1S/C14H8BrCl3N2/c15-10-3-2-9(6-11(10)18)20-13-4-1-8(17)5-12(13)19-14(20)7-16/h1-6H,7H2. The summed E-state index contributed by atoms with van der Waals surface area (Å²) in [5.74, 6) is 1.06. The predicted molar refractivity (Wildman–Crippen MR) is 88.3 cm³/mol. The predicted octanol–water partition coefficient (Wildman–Crippen LogP) is 5.83. The van der Waals surface area contributed by atoms with E-state index < -0.39 is 0 Å². The van der Waals surface area contributed by atoms with Crippen LogP contribution in [0.3, 0.4) is 0 Å². The summed E-state index contributed by atoms with van der Waals surface area (Å²) in [4.78, 5) is 4.51. The van der Waals surface area contributed by atoms with Crippen LogP contribution < -0.4 is 0 Å². The minimum atomic E-state index is 0.306. The summed E-state index contributed by atoms with van der Waals surface area (Å²) in [6.45, 7) is 0. The van der Waals surface area contributed by atoms with Crippen molar-refractivity contribution in [2.75, 3.05) is 0 Å². The Labute approximate surface area is 139 Å². The number of halogens is 4. The lowest BCUT2D eigenvalue weighted by Crippen LogP contribution is -1.99. The van der Waals surface area contributed by atoms with Gasteiger partial charge in [-0.25, -0.2) is 4.98 Å². The maximum absolute atomic E-state index is 6.17. The molecule has 0 fully saturated rings. The average molecular weight is 390 g/mol. The SMILES string of the molecule is ClCc1nc2cc(Cl)ccc2n1-c1ccc(Br)c(Cl)c1. The zero-order valence-electron chi connectivity index (χ0n) is 10.1. The molecule has 0 spiro atoms. The Hall–Kier alpha value is -0.740. The maximum Gasteiger partial charge on any atom is 0.129 e. The molecular weight excluding hydrogens is 382 g/mol. The quantitative estimate of drug-likeness (QED) is 0.503. The fourth-order valence-electron chi connectivity index (χ4n) is 2.11. The molecule has 0 bridgehead atoms. The van der Waals surface area contributed by atoms with Crippen molar-refractivity contribution in [1.82, 2.24) is 9.55 Å². The van der Waals surface area contributed by atoms with Crippen molar-refractivity contribution in [1.29, 1.82) is 0 Å². The number of imidazole rings is 1. The van der Waals surface area contributed by atoms with E-state index in [0.29, 0.717) is 15.9 Å². The highest BCUT2D eigenvalue weighted by molar-refractivity contribution is 9.10. The second-order valence-corrected chi connectivity index (χ2v) is 6.19. The molecule has 1 aromatic heterocycles. The van der Waals surface area contributed by atoms with Crippen LogP contribution in [-0.4, -0.2) is 9.55 Å². The number of alkyl halides is 1. The van der Waals surface area contributed by atoms with E-state index in [1.807, 2.05) is 41.0 Å². The second kappa shape index (κ2) is 5.57. The molecule has 2 nitrogen and oxygen atoms in total. The van der Waals surface area contributed by atoms with Crippen molar-refractivity contribution in [3.8, 4) is 5.69 Å². The molecule has 0 N–H and O–H groups in total. The summed E-state index contributed by atoms with van der Waals surface area (Å²) >= 11 is 21.6. The Balaban J connectivity index is 2.30.